The number of hydrogen-bond acceptors (Lipinski definition) is 8. The van der Waals surface area contributed by atoms with Crippen molar-refractivity contribution < 1.29 is 13.9 Å². The van der Waals surface area contributed by atoms with Crippen LogP contribution in [-0.2, 0) is 4.74 Å². The van der Waals surface area contributed by atoms with Gasteiger partial charge in [-0.3, -0.25) is 9.78 Å². The number of nitrogens with zero attached hydrogens (tertiary/aromatic N) is 5. The highest BCUT2D eigenvalue weighted by molar-refractivity contribution is 6.17. The average Bonchev–Trinajstić information content (AvgIpc) is 3.45. The molecule has 0 unspecified atom stereocenters. The topological polar surface area (TPSA) is 121 Å². The molecule has 0 aliphatic carbocycles. The number of hydrogen-bond donors (Lipinski definition) is 2. The van der Waals surface area contributed by atoms with Crippen molar-refractivity contribution in [3.63, 3.8) is 0 Å². The van der Waals surface area contributed by atoms with Crippen molar-refractivity contribution in [3.05, 3.63) is 71.8 Å². The molecular weight excluding hydrogens is 437 g/mol. The molecule has 3 aromatic heterocycles. The lowest BCUT2D eigenvalue weighted by atomic mass is 9.94. The number of halogens is 1. The Balaban J connectivity index is 1.44. The minimum Gasteiger partial charge on any atom is -0.383 e. The van der Waals surface area contributed by atoms with Crippen molar-refractivity contribution in [1.82, 2.24) is 24.5 Å². The van der Waals surface area contributed by atoms with Crippen LogP contribution < -0.4 is 11.1 Å². The molecule has 1 aliphatic heterocycles. The molecule has 1 aliphatic rings. The highest BCUT2D eigenvalue weighted by atomic mass is 19.1. The summed E-state index contributed by atoms with van der Waals surface area (Å²) in [6.07, 6.45) is 6.11. The summed E-state index contributed by atoms with van der Waals surface area (Å²) in [7, 11) is 0. The number of carbonyl (C=O) groups excluding carboxylic acids is 1. The average molecular weight is 462 g/mol. The number of fused-ring (bicyclic) bond motifs is 1. The predicted octanol–water partition coefficient (Wildman–Crippen LogP) is 3.35. The van der Waals surface area contributed by atoms with Crippen LogP contribution >= 0.6 is 0 Å². The molecule has 10 heteroatoms. The Morgan fingerprint density at radius 1 is 1.21 bits per heavy atom. The van der Waals surface area contributed by atoms with E-state index < -0.39 is 0 Å². The van der Waals surface area contributed by atoms with Gasteiger partial charge in [0.15, 0.2) is 0 Å². The molecule has 1 saturated heterocycles. The van der Waals surface area contributed by atoms with Gasteiger partial charge in [0.2, 0.25) is 5.78 Å². The van der Waals surface area contributed by atoms with Gasteiger partial charge in [-0.2, -0.15) is 0 Å². The minimum atomic E-state index is -0.320. The number of rotatable bonds is 6. The van der Waals surface area contributed by atoms with Gasteiger partial charge in [-0.25, -0.2) is 19.3 Å². The standard InChI is InChI=1S/C24H24FN7O2/c1-13(2)32-9-16(21-23(26)28-12-29-24(21)32)22(33)18-7-27-8-20(30-18)31-19-11-34-10-17(19)14-3-5-15(25)6-4-14/h3-9,12-13,17,19H,10-11H2,1-2H3,(H,30,31)(H2,26,28,29)/t17-,19-/m1/s1. The van der Waals surface area contributed by atoms with E-state index in [0.29, 0.717) is 35.6 Å². The lowest BCUT2D eigenvalue weighted by Crippen LogP contribution is -2.27. The van der Waals surface area contributed by atoms with Gasteiger partial charge < -0.3 is 20.4 Å². The molecule has 4 heterocycles. The first-order valence-electron chi connectivity index (χ1n) is 11.0. The third-order valence-corrected chi connectivity index (χ3v) is 6.02. The second-order valence-electron chi connectivity index (χ2n) is 8.57. The van der Waals surface area contributed by atoms with Crippen LogP contribution in [0.15, 0.2) is 49.2 Å². The van der Waals surface area contributed by atoms with E-state index in [-0.39, 0.29) is 41.1 Å². The van der Waals surface area contributed by atoms with Gasteiger partial charge >= 0.3 is 0 Å². The van der Waals surface area contributed by atoms with Gasteiger partial charge in [0.1, 0.15) is 35.1 Å². The first-order chi connectivity index (χ1) is 16.4. The predicted molar refractivity (Wildman–Crippen MR) is 125 cm³/mol. The molecular formula is C24H24FN7O2. The Bertz CT molecular complexity index is 1350. The van der Waals surface area contributed by atoms with Crippen LogP contribution in [0, 0.1) is 5.82 Å². The van der Waals surface area contributed by atoms with Gasteiger partial charge in [-0.15, -0.1) is 0 Å². The molecule has 0 bridgehead atoms. The summed E-state index contributed by atoms with van der Waals surface area (Å²) < 4.78 is 20.9. The monoisotopic (exact) mass is 461 g/mol. The molecule has 9 nitrogen and oxygen atoms in total. The smallest absolute Gasteiger partial charge is 0.215 e. The lowest BCUT2D eigenvalue weighted by Gasteiger charge is -2.20. The summed E-state index contributed by atoms with van der Waals surface area (Å²) in [5.74, 6) is 0.0992. The number of ketones is 1. The number of anilines is 2. The molecule has 1 aromatic carbocycles. The van der Waals surface area contributed by atoms with Crippen LogP contribution in [0.2, 0.25) is 0 Å². The zero-order chi connectivity index (χ0) is 23.8. The van der Waals surface area contributed by atoms with E-state index in [1.807, 2.05) is 18.4 Å². The van der Waals surface area contributed by atoms with Crippen LogP contribution in [-0.4, -0.2) is 49.5 Å². The van der Waals surface area contributed by atoms with Gasteiger partial charge in [-0.1, -0.05) is 12.1 Å². The zero-order valence-corrected chi connectivity index (χ0v) is 18.8. The van der Waals surface area contributed by atoms with Gasteiger partial charge in [0.25, 0.3) is 0 Å². The van der Waals surface area contributed by atoms with E-state index in [1.54, 1.807) is 24.5 Å². The Hall–Kier alpha value is -3.92. The molecule has 0 spiro atoms. The maximum Gasteiger partial charge on any atom is 0.215 e. The number of nitrogens with one attached hydrogen (secondary N) is 1. The fraction of sp³-hybridized carbons (Fsp3) is 0.292. The highest BCUT2D eigenvalue weighted by Gasteiger charge is 2.30. The number of nitrogens with two attached hydrogens (primary N) is 1. The van der Waals surface area contributed by atoms with Crippen LogP contribution in [0.5, 0.6) is 0 Å². The fourth-order valence-electron chi connectivity index (χ4n) is 4.28. The largest absolute Gasteiger partial charge is 0.383 e. The van der Waals surface area contributed by atoms with Crippen LogP contribution in [0.1, 0.15) is 47.4 Å². The molecule has 3 N–H and O–H groups in total. The lowest BCUT2D eigenvalue weighted by molar-refractivity contribution is 0.103. The summed E-state index contributed by atoms with van der Waals surface area (Å²) in [6.45, 7) is 4.95. The Kier molecular flexibility index (Phi) is 5.66. The van der Waals surface area contributed by atoms with E-state index in [2.05, 4.69) is 25.3 Å². The molecule has 2 atom stereocenters. The van der Waals surface area contributed by atoms with Crippen molar-refractivity contribution in [2.75, 3.05) is 24.3 Å². The maximum atomic E-state index is 13.4. The van der Waals surface area contributed by atoms with E-state index in [1.165, 1.54) is 24.7 Å². The molecule has 0 saturated carbocycles. The first kappa shape index (κ1) is 21.9. The second-order valence-corrected chi connectivity index (χ2v) is 8.57. The number of ether oxygens (including phenoxy) is 1. The van der Waals surface area contributed by atoms with Crippen LogP contribution in [0.25, 0.3) is 11.0 Å². The normalized spacial score (nSPS) is 18.0. The molecule has 0 amide bonds. The first-order valence-corrected chi connectivity index (χ1v) is 11.0. The second kappa shape index (κ2) is 8.79. The molecule has 1 fully saturated rings. The van der Waals surface area contributed by atoms with Crippen LogP contribution in [0.3, 0.4) is 0 Å². The van der Waals surface area contributed by atoms with E-state index in [0.717, 1.165) is 5.56 Å². The molecule has 5 rings (SSSR count). The van der Waals surface area contributed by atoms with Crippen molar-refractivity contribution in [3.8, 4) is 0 Å². The van der Waals surface area contributed by atoms with Gasteiger partial charge in [0.05, 0.1) is 42.6 Å². The van der Waals surface area contributed by atoms with E-state index in [9.17, 15) is 9.18 Å². The van der Waals surface area contributed by atoms with Gasteiger partial charge in [-0.05, 0) is 31.5 Å². The summed E-state index contributed by atoms with van der Waals surface area (Å²) in [5, 5.41) is 3.83. The van der Waals surface area contributed by atoms with E-state index in [4.69, 9.17) is 10.5 Å². The third kappa shape index (κ3) is 3.96. The summed E-state index contributed by atoms with van der Waals surface area (Å²) in [4.78, 5) is 30.6. The Morgan fingerprint density at radius 3 is 2.76 bits per heavy atom. The molecule has 0 radical (unpaired) electrons. The third-order valence-electron chi connectivity index (χ3n) is 6.02. The van der Waals surface area contributed by atoms with Gasteiger partial charge in [0, 0.05) is 18.2 Å². The SMILES string of the molecule is CC(C)n1cc(C(=O)c2cncc(N[C@@H]3COC[C@@H]3c3ccc(F)cc3)n2)c2c(N)ncnc21. The highest BCUT2D eigenvalue weighted by Crippen LogP contribution is 2.30. The quantitative estimate of drug-likeness (QED) is 0.420. The minimum absolute atomic E-state index is 0.0164. The zero-order valence-electron chi connectivity index (χ0n) is 18.8. The Morgan fingerprint density at radius 2 is 2.00 bits per heavy atom. The summed E-state index contributed by atoms with van der Waals surface area (Å²) in [5.41, 5.74) is 8.22. The maximum absolute atomic E-state index is 13.4. The van der Waals surface area contributed by atoms with Crippen molar-refractivity contribution in [1.29, 1.82) is 0 Å². The summed E-state index contributed by atoms with van der Waals surface area (Å²) >= 11 is 0. The number of nitrogen functional groups attached to an aromatic ring is 1. The van der Waals surface area contributed by atoms with E-state index >= 15 is 0 Å². The molecule has 34 heavy (non-hydrogen) atoms. The Labute approximate surface area is 195 Å². The molecule has 4 aromatic rings. The number of aromatic nitrogens is 5. The number of benzene rings is 1. The van der Waals surface area contributed by atoms with Crippen LogP contribution in [0.4, 0.5) is 16.0 Å². The fourth-order valence-corrected chi connectivity index (χ4v) is 4.28. The van der Waals surface area contributed by atoms with Crippen molar-refractivity contribution in [2.45, 2.75) is 31.8 Å². The van der Waals surface area contributed by atoms with Crippen molar-refractivity contribution >= 4 is 28.5 Å². The van der Waals surface area contributed by atoms with Crippen molar-refractivity contribution in [2.24, 2.45) is 0 Å². The summed E-state index contributed by atoms with van der Waals surface area (Å²) in [6, 6.07) is 6.36. The molecule has 174 valence electrons. The number of carbonyl (C=O) groups is 1.